The van der Waals surface area contributed by atoms with E-state index >= 15 is 0 Å². The summed E-state index contributed by atoms with van der Waals surface area (Å²) in [6, 6.07) is 25.9. The van der Waals surface area contributed by atoms with Gasteiger partial charge in [0.25, 0.3) is 11.8 Å². The molecular formula is C27H25BrN2O3. The highest BCUT2D eigenvalue weighted by Gasteiger charge is 2.36. The van der Waals surface area contributed by atoms with Crippen molar-refractivity contribution in [3.8, 4) is 0 Å². The Kier molecular flexibility index (Phi) is 7.06. The maximum Gasteiger partial charge on any atom is 0.270 e. The molecular weight excluding hydrogens is 480 g/mol. The summed E-state index contributed by atoms with van der Waals surface area (Å²) in [7, 11) is 0. The summed E-state index contributed by atoms with van der Waals surface area (Å²) < 4.78 is 0.951. The summed E-state index contributed by atoms with van der Waals surface area (Å²) in [5.74, 6) is -0.601. The highest BCUT2D eigenvalue weighted by molar-refractivity contribution is 9.10. The molecule has 3 aromatic rings. The minimum Gasteiger partial charge on any atom is -0.385 e. The monoisotopic (exact) mass is 504 g/mol. The number of nitrogens with zero attached hydrogens (tertiary/aromatic N) is 1. The number of hydrogen-bond acceptors (Lipinski definition) is 3. The van der Waals surface area contributed by atoms with Gasteiger partial charge < -0.3 is 15.3 Å². The van der Waals surface area contributed by atoms with E-state index in [2.05, 4.69) is 21.2 Å². The largest absolute Gasteiger partial charge is 0.385 e. The quantitative estimate of drug-likeness (QED) is 0.493. The average molecular weight is 505 g/mol. The Morgan fingerprint density at radius 1 is 0.879 bits per heavy atom. The van der Waals surface area contributed by atoms with Crippen molar-refractivity contribution in [2.24, 2.45) is 0 Å². The van der Waals surface area contributed by atoms with E-state index < -0.39 is 5.60 Å². The Hall–Kier alpha value is -3.22. The maximum absolute atomic E-state index is 13.4. The van der Waals surface area contributed by atoms with E-state index in [1.165, 1.54) is 0 Å². The van der Waals surface area contributed by atoms with Crippen LogP contribution in [0.5, 0.6) is 0 Å². The van der Waals surface area contributed by atoms with Crippen molar-refractivity contribution in [2.45, 2.75) is 18.4 Å². The number of halogens is 1. The highest BCUT2D eigenvalue weighted by atomic mass is 79.9. The number of likely N-dealkylation sites (tertiary alicyclic amines) is 1. The number of hydrogen-bond donors (Lipinski definition) is 2. The molecule has 0 unspecified atom stereocenters. The van der Waals surface area contributed by atoms with Gasteiger partial charge in [0.15, 0.2) is 0 Å². The van der Waals surface area contributed by atoms with E-state index in [1.54, 1.807) is 35.2 Å². The molecule has 33 heavy (non-hydrogen) atoms. The molecule has 2 N–H and O–H groups in total. The van der Waals surface area contributed by atoms with Crippen LogP contribution in [-0.4, -0.2) is 34.9 Å². The summed E-state index contributed by atoms with van der Waals surface area (Å²) in [4.78, 5) is 27.9. The van der Waals surface area contributed by atoms with Gasteiger partial charge in [0.2, 0.25) is 0 Å². The van der Waals surface area contributed by atoms with Crippen molar-refractivity contribution in [1.29, 1.82) is 0 Å². The van der Waals surface area contributed by atoms with E-state index in [-0.39, 0.29) is 17.5 Å². The molecule has 2 amide bonds. The Morgan fingerprint density at radius 3 is 2.06 bits per heavy atom. The smallest absolute Gasteiger partial charge is 0.270 e. The van der Waals surface area contributed by atoms with Crippen molar-refractivity contribution in [2.75, 3.05) is 13.1 Å². The molecule has 0 aromatic heterocycles. The zero-order valence-corrected chi connectivity index (χ0v) is 19.7. The minimum atomic E-state index is -0.978. The standard InChI is InChI=1S/C27H25BrN2O3/c28-23-13-11-22(12-14-23)27(33)15-17-30(18-16-27)26(32)24(19-20-7-3-1-4-8-20)29-25(31)21-9-5-2-6-10-21/h1-14,19,33H,15-18H2,(H,29,31)/b24-19-. The SMILES string of the molecule is O=C(N/C(=C\c1ccccc1)C(=O)N1CCC(O)(c2ccc(Br)cc2)CC1)c1ccccc1. The number of benzene rings is 3. The van der Waals surface area contributed by atoms with Gasteiger partial charge >= 0.3 is 0 Å². The van der Waals surface area contributed by atoms with Crippen molar-refractivity contribution >= 4 is 33.8 Å². The Bertz CT molecular complexity index is 1140. The third-order valence-electron chi connectivity index (χ3n) is 5.88. The van der Waals surface area contributed by atoms with Crippen molar-refractivity contribution in [3.05, 3.63) is 112 Å². The number of nitrogens with one attached hydrogen (secondary N) is 1. The number of carbonyl (C=O) groups excluding carboxylic acids is 2. The minimum absolute atomic E-state index is 0.212. The first-order valence-corrected chi connectivity index (χ1v) is 11.6. The lowest BCUT2D eigenvalue weighted by Crippen LogP contribution is -2.47. The fourth-order valence-corrected chi connectivity index (χ4v) is 4.21. The van der Waals surface area contributed by atoms with Gasteiger partial charge in [-0.1, -0.05) is 76.6 Å². The molecule has 1 heterocycles. The first kappa shape index (κ1) is 23.0. The van der Waals surface area contributed by atoms with Crippen molar-refractivity contribution in [1.82, 2.24) is 10.2 Å². The lowest BCUT2D eigenvalue weighted by Gasteiger charge is -2.38. The van der Waals surface area contributed by atoms with Crippen LogP contribution >= 0.6 is 15.9 Å². The molecule has 0 bridgehead atoms. The molecule has 1 saturated heterocycles. The molecule has 4 rings (SSSR count). The van der Waals surface area contributed by atoms with Crippen LogP contribution in [0.3, 0.4) is 0 Å². The Balaban J connectivity index is 1.52. The zero-order chi connectivity index (χ0) is 23.3. The molecule has 0 spiro atoms. The van der Waals surface area contributed by atoms with E-state index in [9.17, 15) is 14.7 Å². The summed E-state index contributed by atoms with van der Waals surface area (Å²) in [6.45, 7) is 0.775. The summed E-state index contributed by atoms with van der Waals surface area (Å²) in [6.07, 6.45) is 2.54. The van der Waals surface area contributed by atoms with Gasteiger partial charge in [0.1, 0.15) is 5.70 Å². The van der Waals surface area contributed by atoms with Gasteiger partial charge in [-0.05, 0) is 54.3 Å². The van der Waals surface area contributed by atoms with Crippen LogP contribution in [0.4, 0.5) is 0 Å². The van der Waals surface area contributed by atoms with Gasteiger partial charge in [-0.25, -0.2) is 0 Å². The van der Waals surface area contributed by atoms with Crippen LogP contribution in [0.1, 0.15) is 34.3 Å². The lowest BCUT2D eigenvalue weighted by atomic mass is 9.84. The first-order chi connectivity index (χ1) is 15.9. The Labute approximate surface area is 201 Å². The molecule has 0 aliphatic carbocycles. The number of rotatable bonds is 5. The van der Waals surface area contributed by atoms with Gasteiger partial charge in [-0.15, -0.1) is 0 Å². The van der Waals surface area contributed by atoms with Crippen molar-refractivity contribution in [3.63, 3.8) is 0 Å². The second-order valence-corrected chi connectivity index (χ2v) is 9.04. The van der Waals surface area contributed by atoms with Crippen LogP contribution in [-0.2, 0) is 10.4 Å². The Morgan fingerprint density at radius 2 is 1.45 bits per heavy atom. The third kappa shape index (κ3) is 5.59. The predicted molar refractivity (Wildman–Crippen MR) is 132 cm³/mol. The molecule has 0 saturated carbocycles. The van der Waals surface area contributed by atoms with Crippen molar-refractivity contribution < 1.29 is 14.7 Å². The van der Waals surface area contributed by atoms with E-state index in [1.807, 2.05) is 60.7 Å². The molecule has 6 heteroatoms. The predicted octanol–water partition coefficient (Wildman–Crippen LogP) is 4.73. The van der Waals surface area contributed by atoms with E-state index in [4.69, 9.17) is 0 Å². The van der Waals surface area contributed by atoms with E-state index in [0.29, 0.717) is 31.5 Å². The zero-order valence-electron chi connectivity index (χ0n) is 18.1. The number of piperidine rings is 1. The van der Waals surface area contributed by atoms with Crippen LogP contribution in [0.2, 0.25) is 0 Å². The van der Waals surface area contributed by atoms with Gasteiger partial charge in [-0.3, -0.25) is 9.59 Å². The fourth-order valence-electron chi connectivity index (χ4n) is 3.95. The van der Waals surface area contributed by atoms with Crippen LogP contribution in [0.25, 0.3) is 6.08 Å². The molecule has 1 aliphatic rings. The topological polar surface area (TPSA) is 69.6 Å². The van der Waals surface area contributed by atoms with Gasteiger partial charge in [0.05, 0.1) is 5.60 Å². The van der Waals surface area contributed by atoms with Gasteiger partial charge in [-0.2, -0.15) is 0 Å². The lowest BCUT2D eigenvalue weighted by molar-refractivity contribution is -0.131. The maximum atomic E-state index is 13.4. The molecule has 0 radical (unpaired) electrons. The number of aliphatic hydroxyl groups is 1. The second kappa shape index (κ2) is 10.1. The van der Waals surface area contributed by atoms with Crippen LogP contribution in [0.15, 0.2) is 95.1 Å². The second-order valence-electron chi connectivity index (χ2n) is 8.12. The van der Waals surface area contributed by atoms with Crippen LogP contribution < -0.4 is 5.32 Å². The normalized spacial score (nSPS) is 15.7. The molecule has 0 atom stereocenters. The van der Waals surface area contributed by atoms with Crippen LogP contribution in [0, 0.1) is 0 Å². The fraction of sp³-hybridized carbons (Fsp3) is 0.185. The van der Waals surface area contributed by atoms with E-state index in [0.717, 1.165) is 15.6 Å². The summed E-state index contributed by atoms with van der Waals surface area (Å²) >= 11 is 3.42. The number of carbonyl (C=O) groups is 2. The molecule has 5 nitrogen and oxygen atoms in total. The number of amides is 2. The third-order valence-corrected chi connectivity index (χ3v) is 6.41. The first-order valence-electron chi connectivity index (χ1n) is 10.9. The average Bonchev–Trinajstić information content (AvgIpc) is 2.85. The molecule has 1 fully saturated rings. The highest BCUT2D eigenvalue weighted by Crippen LogP contribution is 2.33. The molecule has 3 aromatic carbocycles. The molecule has 1 aliphatic heterocycles. The van der Waals surface area contributed by atoms with Gasteiger partial charge in [0, 0.05) is 23.1 Å². The molecule has 168 valence electrons. The summed E-state index contributed by atoms with van der Waals surface area (Å²) in [5.41, 5.74) is 1.37. The summed E-state index contributed by atoms with van der Waals surface area (Å²) in [5, 5.41) is 14.0.